The standard InChI is InChI=1S/C28H30N2O4S/c1-17-8-10-20(14-18(17)2)30-35(31,32)21-11-12-25-24(16-21)22-6-5-7-23(22)28(29-25)19-9-13-26(33-3)27(15-19)34-4/h5-6,8-16,22-23,28-30H,7H2,1-4H3. The number of allylic oxidation sites excluding steroid dienone is 2. The molecule has 1 aliphatic heterocycles. The van der Waals surface area contributed by atoms with Crippen molar-refractivity contribution in [1.29, 1.82) is 0 Å². The molecule has 0 saturated heterocycles. The van der Waals surface area contributed by atoms with Crippen molar-refractivity contribution in [2.24, 2.45) is 5.92 Å². The van der Waals surface area contributed by atoms with Crippen molar-refractivity contribution in [2.45, 2.75) is 37.1 Å². The van der Waals surface area contributed by atoms with E-state index in [0.29, 0.717) is 17.2 Å². The van der Waals surface area contributed by atoms with Gasteiger partial charge in [-0.05, 0) is 90.9 Å². The van der Waals surface area contributed by atoms with Gasteiger partial charge in [0.15, 0.2) is 11.5 Å². The second kappa shape index (κ2) is 8.96. The Hall–Kier alpha value is -3.45. The topological polar surface area (TPSA) is 76.7 Å². The van der Waals surface area contributed by atoms with Crippen LogP contribution in [0.3, 0.4) is 0 Å². The first-order valence-electron chi connectivity index (χ1n) is 11.7. The minimum absolute atomic E-state index is 0.0680. The molecule has 5 rings (SSSR count). The first-order valence-corrected chi connectivity index (χ1v) is 13.2. The smallest absolute Gasteiger partial charge is 0.261 e. The third kappa shape index (κ3) is 4.25. The number of fused-ring (bicyclic) bond motifs is 3. The molecule has 0 radical (unpaired) electrons. The lowest BCUT2D eigenvalue weighted by Gasteiger charge is -2.38. The number of hydrogen-bond donors (Lipinski definition) is 2. The number of benzene rings is 3. The van der Waals surface area contributed by atoms with Crippen molar-refractivity contribution in [3.63, 3.8) is 0 Å². The summed E-state index contributed by atoms with van der Waals surface area (Å²) in [5, 5.41) is 3.66. The number of ether oxygens (including phenoxy) is 2. The summed E-state index contributed by atoms with van der Waals surface area (Å²) in [6.45, 7) is 3.98. The van der Waals surface area contributed by atoms with Crippen LogP contribution in [-0.2, 0) is 10.0 Å². The monoisotopic (exact) mass is 490 g/mol. The third-order valence-corrected chi connectivity index (χ3v) is 8.55. The van der Waals surface area contributed by atoms with Crippen LogP contribution in [0, 0.1) is 19.8 Å². The van der Waals surface area contributed by atoms with Crippen LogP contribution in [0.4, 0.5) is 11.4 Å². The molecule has 1 aliphatic carbocycles. The van der Waals surface area contributed by atoms with Gasteiger partial charge in [-0.2, -0.15) is 0 Å². The highest BCUT2D eigenvalue weighted by atomic mass is 32.2. The Morgan fingerprint density at radius 2 is 1.71 bits per heavy atom. The lowest BCUT2D eigenvalue weighted by atomic mass is 9.77. The summed E-state index contributed by atoms with van der Waals surface area (Å²) in [5.41, 5.74) is 5.79. The van der Waals surface area contributed by atoms with Crippen molar-refractivity contribution in [3.8, 4) is 11.5 Å². The summed E-state index contributed by atoms with van der Waals surface area (Å²) in [7, 11) is -0.453. The van der Waals surface area contributed by atoms with Gasteiger partial charge in [0.2, 0.25) is 0 Å². The maximum absolute atomic E-state index is 13.2. The molecule has 1 heterocycles. The van der Waals surface area contributed by atoms with Crippen LogP contribution in [0.2, 0.25) is 0 Å². The average molecular weight is 491 g/mol. The van der Waals surface area contributed by atoms with Gasteiger partial charge in [0, 0.05) is 17.3 Å². The molecule has 3 aromatic carbocycles. The zero-order chi connectivity index (χ0) is 24.7. The first kappa shape index (κ1) is 23.3. The largest absolute Gasteiger partial charge is 0.493 e. The Morgan fingerprint density at radius 1 is 0.914 bits per heavy atom. The van der Waals surface area contributed by atoms with Crippen molar-refractivity contribution in [1.82, 2.24) is 0 Å². The number of sulfonamides is 1. The van der Waals surface area contributed by atoms with Gasteiger partial charge in [0.05, 0.1) is 25.2 Å². The van der Waals surface area contributed by atoms with Gasteiger partial charge in [-0.3, -0.25) is 4.72 Å². The molecule has 35 heavy (non-hydrogen) atoms. The van der Waals surface area contributed by atoms with E-state index in [4.69, 9.17) is 9.47 Å². The molecule has 0 amide bonds. The molecule has 3 aromatic rings. The molecule has 7 heteroatoms. The van der Waals surface area contributed by atoms with Crippen LogP contribution in [0.1, 0.15) is 40.6 Å². The van der Waals surface area contributed by atoms with Crippen molar-refractivity contribution in [3.05, 3.63) is 89.0 Å². The van der Waals surface area contributed by atoms with Crippen LogP contribution in [-0.4, -0.2) is 22.6 Å². The normalized spacial score (nSPS) is 20.5. The quantitative estimate of drug-likeness (QED) is 0.418. The second-order valence-corrected chi connectivity index (χ2v) is 10.9. The van der Waals surface area contributed by atoms with E-state index in [1.54, 1.807) is 26.4 Å². The van der Waals surface area contributed by atoms with E-state index in [1.807, 2.05) is 50.2 Å². The van der Waals surface area contributed by atoms with Crippen LogP contribution in [0.5, 0.6) is 11.5 Å². The van der Waals surface area contributed by atoms with E-state index < -0.39 is 10.0 Å². The molecule has 0 saturated carbocycles. The molecular formula is C28H30N2O4S. The summed E-state index contributed by atoms with van der Waals surface area (Å²) in [4.78, 5) is 0.264. The minimum atomic E-state index is -3.72. The second-order valence-electron chi connectivity index (χ2n) is 9.24. The highest BCUT2D eigenvalue weighted by molar-refractivity contribution is 7.92. The molecule has 6 nitrogen and oxygen atoms in total. The molecule has 0 bridgehead atoms. The highest BCUT2D eigenvalue weighted by Gasteiger charge is 2.38. The zero-order valence-electron chi connectivity index (χ0n) is 20.3. The third-order valence-electron chi connectivity index (χ3n) is 7.17. The molecule has 2 aliphatic rings. The van der Waals surface area contributed by atoms with Crippen LogP contribution in [0.15, 0.2) is 71.6 Å². The van der Waals surface area contributed by atoms with E-state index in [0.717, 1.165) is 34.4 Å². The van der Waals surface area contributed by atoms with Crippen molar-refractivity contribution in [2.75, 3.05) is 24.3 Å². The van der Waals surface area contributed by atoms with Crippen LogP contribution >= 0.6 is 0 Å². The number of anilines is 2. The number of aryl methyl sites for hydroxylation is 2. The molecule has 182 valence electrons. The SMILES string of the molecule is COc1ccc(C2Nc3ccc(S(=O)(=O)Nc4ccc(C)c(C)c4)cc3C3C=CCC32)cc1OC. The van der Waals surface area contributed by atoms with E-state index in [2.05, 4.69) is 28.3 Å². The van der Waals surface area contributed by atoms with E-state index >= 15 is 0 Å². The van der Waals surface area contributed by atoms with Gasteiger partial charge < -0.3 is 14.8 Å². The van der Waals surface area contributed by atoms with Gasteiger partial charge in [-0.15, -0.1) is 0 Å². The first-order chi connectivity index (χ1) is 16.8. The Labute approximate surface area is 207 Å². The lowest BCUT2D eigenvalue weighted by molar-refractivity contribution is 0.353. The van der Waals surface area contributed by atoms with Crippen molar-refractivity contribution < 1.29 is 17.9 Å². The fraction of sp³-hybridized carbons (Fsp3) is 0.286. The number of nitrogens with one attached hydrogen (secondary N) is 2. The summed E-state index contributed by atoms with van der Waals surface area (Å²) in [6, 6.07) is 17.0. The highest BCUT2D eigenvalue weighted by Crippen LogP contribution is 2.51. The molecule has 0 fully saturated rings. The average Bonchev–Trinajstić information content (AvgIpc) is 3.35. The summed E-state index contributed by atoms with van der Waals surface area (Å²) in [5.74, 6) is 1.78. The predicted octanol–water partition coefficient (Wildman–Crippen LogP) is 5.95. The van der Waals surface area contributed by atoms with Gasteiger partial charge in [0.1, 0.15) is 0 Å². The van der Waals surface area contributed by atoms with Gasteiger partial charge in [-0.1, -0.05) is 24.3 Å². The molecular weight excluding hydrogens is 460 g/mol. The number of rotatable bonds is 6. The Balaban J connectivity index is 1.47. The Bertz CT molecular complexity index is 1410. The molecule has 3 atom stereocenters. The lowest BCUT2D eigenvalue weighted by Crippen LogP contribution is -2.29. The molecule has 0 aromatic heterocycles. The molecule has 2 N–H and O–H groups in total. The van der Waals surface area contributed by atoms with Crippen molar-refractivity contribution >= 4 is 21.4 Å². The molecule has 3 unspecified atom stereocenters. The van der Waals surface area contributed by atoms with Gasteiger partial charge in [0.25, 0.3) is 10.0 Å². The van der Waals surface area contributed by atoms with Gasteiger partial charge in [-0.25, -0.2) is 8.42 Å². The summed E-state index contributed by atoms with van der Waals surface area (Å²) < 4.78 is 40.1. The predicted molar refractivity (Wildman–Crippen MR) is 139 cm³/mol. The fourth-order valence-electron chi connectivity index (χ4n) is 5.13. The van der Waals surface area contributed by atoms with E-state index in [-0.39, 0.29) is 22.8 Å². The number of methoxy groups -OCH3 is 2. The van der Waals surface area contributed by atoms with Gasteiger partial charge >= 0.3 is 0 Å². The van der Waals surface area contributed by atoms with E-state index in [9.17, 15) is 8.42 Å². The van der Waals surface area contributed by atoms with Crippen LogP contribution in [0.25, 0.3) is 0 Å². The number of hydrogen-bond acceptors (Lipinski definition) is 5. The Morgan fingerprint density at radius 3 is 2.46 bits per heavy atom. The zero-order valence-corrected chi connectivity index (χ0v) is 21.1. The van der Waals surface area contributed by atoms with E-state index in [1.165, 1.54) is 0 Å². The Kier molecular flexibility index (Phi) is 5.97. The summed E-state index contributed by atoms with van der Waals surface area (Å²) >= 11 is 0. The minimum Gasteiger partial charge on any atom is -0.493 e. The van der Waals surface area contributed by atoms with Crippen LogP contribution < -0.4 is 19.5 Å². The summed E-state index contributed by atoms with van der Waals surface area (Å²) in [6.07, 6.45) is 5.30. The molecule has 0 spiro atoms. The maximum Gasteiger partial charge on any atom is 0.261 e. The fourth-order valence-corrected chi connectivity index (χ4v) is 6.22. The maximum atomic E-state index is 13.2.